The van der Waals surface area contributed by atoms with Crippen LogP contribution >= 0.6 is 0 Å². The van der Waals surface area contributed by atoms with Crippen molar-refractivity contribution in [2.45, 2.75) is 31.8 Å². The minimum atomic E-state index is 0.449. The first-order valence-corrected chi connectivity index (χ1v) is 6.62. The van der Waals surface area contributed by atoms with Crippen LogP contribution in [0, 0.1) is 5.92 Å². The van der Waals surface area contributed by atoms with E-state index < -0.39 is 0 Å². The molecule has 0 saturated heterocycles. The molecule has 2 atom stereocenters. The number of hydrogen-bond acceptors (Lipinski definition) is 4. The van der Waals surface area contributed by atoms with Crippen molar-refractivity contribution in [2.24, 2.45) is 5.92 Å². The monoisotopic (exact) mass is 244 g/mol. The number of likely N-dealkylation sites (N-methyl/N-ethyl adjacent to an activating group) is 1. The van der Waals surface area contributed by atoms with E-state index in [4.69, 9.17) is 9.47 Å². The van der Waals surface area contributed by atoms with Gasteiger partial charge in [0.25, 0.3) is 0 Å². The number of nitrogens with zero attached hydrogens (tertiary/aromatic N) is 1. The molecule has 1 aliphatic carbocycles. The second kappa shape index (κ2) is 8.03. The van der Waals surface area contributed by atoms with Crippen LogP contribution in [-0.2, 0) is 9.47 Å². The van der Waals surface area contributed by atoms with Gasteiger partial charge in [-0.15, -0.1) is 0 Å². The van der Waals surface area contributed by atoms with Crippen molar-refractivity contribution in [1.82, 2.24) is 10.2 Å². The smallest absolute Gasteiger partial charge is 0.0615 e. The van der Waals surface area contributed by atoms with Crippen LogP contribution in [0.25, 0.3) is 0 Å². The molecule has 1 N–H and O–H groups in total. The predicted octanol–water partition coefficient (Wildman–Crippen LogP) is 0.968. The highest BCUT2D eigenvalue weighted by atomic mass is 16.5. The number of ether oxygens (including phenoxy) is 2. The van der Waals surface area contributed by atoms with Crippen molar-refractivity contribution in [3.63, 3.8) is 0 Å². The summed E-state index contributed by atoms with van der Waals surface area (Å²) < 4.78 is 10.4. The zero-order valence-corrected chi connectivity index (χ0v) is 11.7. The molecule has 1 aliphatic rings. The molecule has 0 amide bonds. The molecule has 0 spiro atoms. The lowest BCUT2D eigenvalue weighted by Crippen LogP contribution is -2.47. The van der Waals surface area contributed by atoms with Gasteiger partial charge in [-0.2, -0.15) is 0 Å². The van der Waals surface area contributed by atoms with E-state index >= 15 is 0 Å². The lowest BCUT2D eigenvalue weighted by molar-refractivity contribution is 0.0676. The van der Waals surface area contributed by atoms with E-state index in [1.54, 1.807) is 14.2 Å². The molecular weight excluding hydrogens is 216 g/mol. The van der Waals surface area contributed by atoms with Gasteiger partial charge in [-0.3, -0.25) is 4.90 Å². The number of methoxy groups -OCH3 is 2. The minimum Gasteiger partial charge on any atom is -0.383 e. The van der Waals surface area contributed by atoms with Gasteiger partial charge in [0.15, 0.2) is 0 Å². The average molecular weight is 244 g/mol. The molecule has 1 saturated carbocycles. The van der Waals surface area contributed by atoms with Crippen LogP contribution in [0.3, 0.4) is 0 Å². The molecule has 1 fully saturated rings. The molecule has 0 aliphatic heterocycles. The normalized spacial score (nSPS) is 19.6. The fraction of sp³-hybridized carbons (Fsp3) is 1.00. The Balaban J connectivity index is 2.42. The summed E-state index contributed by atoms with van der Waals surface area (Å²) in [6.07, 6.45) is 2.75. The van der Waals surface area contributed by atoms with E-state index in [0.29, 0.717) is 12.1 Å². The van der Waals surface area contributed by atoms with Gasteiger partial charge in [0, 0.05) is 39.4 Å². The summed E-state index contributed by atoms with van der Waals surface area (Å²) >= 11 is 0. The highest BCUT2D eigenvalue weighted by molar-refractivity contribution is 4.88. The Hall–Kier alpha value is -0.160. The molecular formula is C13H28N2O2. The number of hydrogen-bond donors (Lipinski definition) is 1. The van der Waals surface area contributed by atoms with Gasteiger partial charge >= 0.3 is 0 Å². The van der Waals surface area contributed by atoms with Crippen LogP contribution in [0.15, 0.2) is 0 Å². The summed E-state index contributed by atoms with van der Waals surface area (Å²) in [5, 5.41) is 3.44. The topological polar surface area (TPSA) is 33.7 Å². The van der Waals surface area contributed by atoms with Gasteiger partial charge in [-0.1, -0.05) is 0 Å². The molecule has 0 bridgehead atoms. The molecule has 0 aromatic heterocycles. The second-order valence-corrected chi connectivity index (χ2v) is 5.02. The maximum atomic E-state index is 5.25. The Morgan fingerprint density at radius 2 is 2.00 bits per heavy atom. The quantitative estimate of drug-likeness (QED) is 0.621. The number of nitrogens with one attached hydrogen (secondary N) is 1. The van der Waals surface area contributed by atoms with E-state index in [9.17, 15) is 0 Å². The van der Waals surface area contributed by atoms with Crippen molar-refractivity contribution in [3.05, 3.63) is 0 Å². The van der Waals surface area contributed by atoms with Crippen molar-refractivity contribution in [3.8, 4) is 0 Å². The first kappa shape index (κ1) is 14.9. The molecule has 0 radical (unpaired) electrons. The Morgan fingerprint density at radius 1 is 1.29 bits per heavy atom. The molecule has 0 heterocycles. The summed E-state index contributed by atoms with van der Waals surface area (Å²) in [5.74, 6) is 0.875. The third kappa shape index (κ3) is 5.34. The second-order valence-electron chi connectivity index (χ2n) is 5.02. The Labute approximate surface area is 106 Å². The molecule has 0 aromatic rings. The molecule has 4 heteroatoms. The van der Waals surface area contributed by atoms with Crippen molar-refractivity contribution >= 4 is 0 Å². The van der Waals surface area contributed by atoms with Gasteiger partial charge in [-0.25, -0.2) is 0 Å². The minimum absolute atomic E-state index is 0.449. The van der Waals surface area contributed by atoms with Crippen LogP contribution in [0.1, 0.15) is 19.8 Å². The zero-order chi connectivity index (χ0) is 12.7. The summed E-state index contributed by atoms with van der Waals surface area (Å²) in [7, 11) is 5.59. The lowest BCUT2D eigenvalue weighted by atomic mass is 10.1. The summed E-state index contributed by atoms with van der Waals surface area (Å²) in [6, 6.07) is 1.07. The highest BCUT2D eigenvalue weighted by Gasteiger charge is 2.32. The van der Waals surface area contributed by atoms with E-state index in [1.807, 2.05) is 0 Å². The predicted molar refractivity (Wildman–Crippen MR) is 70.4 cm³/mol. The molecule has 0 aromatic carbocycles. The zero-order valence-electron chi connectivity index (χ0n) is 11.7. The molecule has 17 heavy (non-hydrogen) atoms. The van der Waals surface area contributed by atoms with Crippen molar-refractivity contribution < 1.29 is 9.47 Å². The summed E-state index contributed by atoms with van der Waals surface area (Å²) in [4.78, 5) is 2.46. The molecule has 102 valence electrons. The van der Waals surface area contributed by atoms with Crippen LogP contribution in [-0.4, -0.2) is 64.6 Å². The molecule has 1 rings (SSSR count). The van der Waals surface area contributed by atoms with Crippen molar-refractivity contribution in [1.29, 1.82) is 0 Å². The van der Waals surface area contributed by atoms with Gasteiger partial charge in [-0.05, 0) is 32.7 Å². The summed E-state index contributed by atoms with van der Waals surface area (Å²) in [5.41, 5.74) is 0. The third-order valence-electron chi connectivity index (χ3n) is 3.61. The van der Waals surface area contributed by atoms with Gasteiger partial charge in [0.05, 0.1) is 13.2 Å². The molecule has 2 unspecified atom stereocenters. The van der Waals surface area contributed by atoms with E-state index in [1.165, 1.54) is 12.8 Å². The van der Waals surface area contributed by atoms with Crippen molar-refractivity contribution in [2.75, 3.05) is 47.6 Å². The van der Waals surface area contributed by atoms with Gasteiger partial charge in [0.1, 0.15) is 0 Å². The first-order chi connectivity index (χ1) is 8.22. The van der Waals surface area contributed by atoms with E-state index in [2.05, 4.69) is 24.2 Å². The van der Waals surface area contributed by atoms with Crippen LogP contribution in [0.5, 0.6) is 0 Å². The largest absolute Gasteiger partial charge is 0.383 e. The maximum Gasteiger partial charge on any atom is 0.0615 e. The SMILES string of the molecule is CNC(CN(CCOC)C(C)COC)C1CC1. The third-order valence-corrected chi connectivity index (χ3v) is 3.61. The Morgan fingerprint density at radius 3 is 2.47 bits per heavy atom. The average Bonchev–Trinajstić information content (AvgIpc) is 3.14. The lowest BCUT2D eigenvalue weighted by Gasteiger charge is -2.32. The number of rotatable bonds is 10. The van der Waals surface area contributed by atoms with E-state index in [-0.39, 0.29) is 0 Å². The first-order valence-electron chi connectivity index (χ1n) is 6.62. The Bertz CT molecular complexity index is 198. The van der Waals surface area contributed by atoms with Gasteiger partial charge in [0.2, 0.25) is 0 Å². The Kier molecular flexibility index (Phi) is 7.04. The van der Waals surface area contributed by atoms with Crippen LogP contribution in [0.4, 0.5) is 0 Å². The fourth-order valence-corrected chi connectivity index (χ4v) is 2.27. The van der Waals surface area contributed by atoms with E-state index in [0.717, 1.165) is 32.2 Å². The van der Waals surface area contributed by atoms with Gasteiger partial charge < -0.3 is 14.8 Å². The van der Waals surface area contributed by atoms with Crippen LogP contribution in [0.2, 0.25) is 0 Å². The molecule has 4 nitrogen and oxygen atoms in total. The fourth-order valence-electron chi connectivity index (χ4n) is 2.27. The van der Waals surface area contributed by atoms with Crippen LogP contribution < -0.4 is 5.32 Å². The summed E-state index contributed by atoms with van der Waals surface area (Å²) in [6.45, 7) is 5.86. The standard InChI is InChI=1S/C13H28N2O2/c1-11(10-17-4)15(7-8-16-3)9-13(14-2)12-5-6-12/h11-14H,5-10H2,1-4H3. The maximum absolute atomic E-state index is 5.25. The highest BCUT2D eigenvalue weighted by Crippen LogP contribution is 2.32.